The van der Waals surface area contributed by atoms with E-state index >= 15 is 0 Å². The number of methoxy groups -OCH3 is 2. The van der Waals surface area contributed by atoms with Gasteiger partial charge in [0.15, 0.2) is 0 Å². The van der Waals surface area contributed by atoms with Crippen molar-refractivity contribution in [3.8, 4) is 11.5 Å². The lowest BCUT2D eigenvalue weighted by atomic mass is 9.90. The Kier molecular flexibility index (Phi) is 5.35. The van der Waals surface area contributed by atoms with Crippen LogP contribution in [0.25, 0.3) is 0 Å². The molecule has 1 heterocycles. The van der Waals surface area contributed by atoms with Crippen molar-refractivity contribution < 1.29 is 14.6 Å². The van der Waals surface area contributed by atoms with Crippen LogP contribution in [-0.2, 0) is 5.60 Å². The van der Waals surface area contributed by atoms with Crippen LogP contribution in [0.1, 0.15) is 36.8 Å². The maximum Gasteiger partial charge on any atom is 0.119 e. The molecule has 2 aromatic rings. The van der Waals surface area contributed by atoms with Gasteiger partial charge in [-0.3, -0.25) is 0 Å². The number of aliphatic hydroxyl groups is 1. The molecule has 4 nitrogen and oxygen atoms in total. The summed E-state index contributed by atoms with van der Waals surface area (Å²) in [6.07, 6.45) is 1.68. The van der Waals surface area contributed by atoms with Crippen molar-refractivity contribution in [2.75, 3.05) is 33.9 Å². The van der Waals surface area contributed by atoms with E-state index in [0.717, 1.165) is 49.5 Å². The molecule has 0 amide bonds. The molecule has 150 valence electrons. The van der Waals surface area contributed by atoms with Crippen molar-refractivity contribution in [1.82, 2.24) is 4.90 Å². The zero-order valence-corrected chi connectivity index (χ0v) is 17.1. The van der Waals surface area contributed by atoms with E-state index in [1.807, 2.05) is 30.3 Å². The fraction of sp³-hybridized carbons (Fsp3) is 0.500. The largest absolute Gasteiger partial charge is 0.497 e. The molecule has 1 aliphatic carbocycles. The fourth-order valence-corrected chi connectivity index (χ4v) is 5.19. The average molecular weight is 382 g/mol. The van der Waals surface area contributed by atoms with Crippen molar-refractivity contribution >= 4 is 0 Å². The fourth-order valence-electron chi connectivity index (χ4n) is 5.19. The van der Waals surface area contributed by atoms with Gasteiger partial charge in [-0.2, -0.15) is 0 Å². The first-order valence-corrected chi connectivity index (χ1v) is 10.2. The summed E-state index contributed by atoms with van der Waals surface area (Å²) < 4.78 is 10.7. The Labute approximate surface area is 168 Å². The molecule has 2 aromatic carbocycles. The normalized spacial score (nSPS) is 28.1. The predicted molar refractivity (Wildman–Crippen MR) is 111 cm³/mol. The zero-order valence-electron chi connectivity index (χ0n) is 17.1. The second-order valence-electron chi connectivity index (χ2n) is 8.59. The van der Waals surface area contributed by atoms with Crippen LogP contribution >= 0.6 is 0 Å². The first kappa shape index (κ1) is 19.3. The van der Waals surface area contributed by atoms with Crippen molar-refractivity contribution in [3.63, 3.8) is 0 Å². The highest BCUT2D eigenvalue weighted by Crippen LogP contribution is 2.49. The average Bonchev–Trinajstić information content (AvgIpc) is 3.22. The number of benzene rings is 2. The molecular weight excluding hydrogens is 350 g/mol. The highest BCUT2D eigenvalue weighted by Gasteiger charge is 2.49. The van der Waals surface area contributed by atoms with Gasteiger partial charge in [-0.25, -0.2) is 0 Å². The molecule has 1 saturated carbocycles. The van der Waals surface area contributed by atoms with Crippen LogP contribution in [0.3, 0.4) is 0 Å². The van der Waals surface area contributed by atoms with Crippen LogP contribution in [0.15, 0.2) is 48.5 Å². The summed E-state index contributed by atoms with van der Waals surface area (Å²) in [5.74, 6) is 3.33. The molecule has 1 saturated heterocycles. The Morgan fingerprint density at radius 1 is 1.00 bits per heavy atom. The number of hydrogen-bond acceptors (Lipinski definition) is 4. The van der Waals surface area contributed by atoms with Crippen LogP contribution in [0.5, 0.6) is 11.5 Å². The van der Waals surface area contributed by atoms with Gasteiger partial charge < -0.3 is 19.5 Å². The summed E-state index contributed by atoms with van der Waals surface area (Å²) in [5, 5.41) is 11.3. The van der Waals surface area contributed by atoms with E-state index in [2.05, 4.69) is 30.0 Å². The molecule has 0 spiro atoms. The third kappa shape index (κ3) is 3.76. The molecule has 2 aliphatic rings. The van der Waals surface area contributed by atoms with E-state index in [9.17, 15) is 5.11 Å². The second-order valence-corrected chi connectivity index (χ2v) is 8.59. The van der Waals surface area contributed by atoms with Gasteiger partial charge in [0, 0.05) is 19.6 Å². The topological polar surface area (TPSA) is 41.9 Å². The lowest BCUT2D eigenvalue weighted by molar-refractivity contribution is 0.0310. The Bertz CT molecular complexity index is 807. The Hall–Kier alpha value is -2.04. The van der Waals surface area contributed by atoms with Crippen molar-refractivity contribution in [2.24, 2.45) is 11.8 Å². The van der Waals surface area contributed by atoms with Gasteiger partial charge in [-0.1, -0.05) is 31.2 Å². The minimum Gasteiger partial charge on any atom is -0.497 e. The summed E-state index contributed by atoms with van der Waals surface area (Å²) in [6.45, 7) is 5.49. The summed E-state index contributed by atoms with van der Waals surface area (Å²) in [4.78, 5) is 2.57. The first-order valence-electron chi connectivity index (χ1n) is 10.2. The molecule has 0 radical (unpaired) electrons. The highest BCUT2D eigenvalue weighted by atomic mass is 16.5. The van der Waals surface area contributed by atoms with Gasteiger partial charge in [0.2, 0.25) is 0 Å². The maximum absolute atomic E-state index is 11.3. The number of ether oxygens (including phenoxy) is 2. The molecule has 2 fully saturated rings. The minimum atomic E-state index is -0.714. The van der Waals surface area contributed by atoms with E-state index < -0.39 is 5.60 Å². The third-order valence-corrected chi connectivity index (χ3v) is 6.65. The molecule has 4 rings (SSSR count). The Morgan fingerprint density at radius 3 is 2.25 bits per heavy atom. The number of hydrogen-bond donors (Lipinski definition) is 1. The smallest absolute Gasteiger partial charge is 0.119 e. The van der Waals surface area contributed by atoms with Crippen molar-refractivity contribution in [1.29, 1.82) is 0 Å². The molecule has 0 aromatic heterocycles. The highest BCUT2D eigenvalue weighted by molar-refractivity contribution is 5.34. The molecule has 1 aliphatic heterocycles. The van der Waals surface area contributed by atoms with Crippen LogP contribution in [0.2, 0.25) is 0 Å². The number of fused-ring (bicyclic) bond motifs is 1. The van der Waals surface area contributed by atoms with Crippen LogP contribution in [-0.4, -0.2) is 43.9 Å². The molecular formula is C24H31NO3. The third-order valence-electron chi connectivity index (χ3n) is 6.65. The number of rotatable bonds is 6. The SMILES string of the molecule is COc1cccc(C(C)CN2C[C@@H]3C[C@@](O)(c4cccc(OC)c4)C[C@@H]3C2)c1. The second kappa shape index (κ2) is 7.76. The van der Waals surface area contributed by atoms with Gasteiger partial charge in [-0.05, 0) is 66.0 Å². The van der Waals surface area contributed by atoms with Crippen LogP contribution in [0.4, 0.5) is 0 Å². The molecule has 4 heteroatoms. The summed E-state index contributed by atoms with van der Waals surface area (Å²) in [7, 11) is 3.39. The van der Waals surface area contributed by atoms with E-state index in [0.29, 0.717) is 17.8 Å². The monoisotopic (exact) mass is 381 g/mol. The summed E-state index contributed by atoms with van der Waals surface area (Å²) in [5.41, 5.74) is 1.61. The first-order chi connectivity index (χ1) is 13.5. The summed E-state index contributed by atoms with van der Waals surface area (Å²) in [6, 6.07) is 16.3. The lowest BCUT2D eigenvalue weighted by Gasteiger charge is -2.28. The molecule has 1 N–H and O–H groups in total. The van der Waals surface area contributed by atoms with E-state index in [-0.39, 0.29) is 0 Å². The molecule has 1 unspecified atom stereocenters. The van der Waals surface area contributed by atoms with Gasteiger partial charge in [-0.15, -0.1) is 0 Å². The van der Waals surface area contributed by atoms with Crippen LogP contribution < -0.4 is 9.47 Å². The van der Waals surface area contributed by atoms with Crippen molar-refractivity contribution in [2.45, 2.75) is 31.3 Å². The van der Waals surface area contributed by atoms with Gasteiger partial charge in [0.25, 0.3) is 0 Å². The van der Waals surface area contributed by atoms with Crippen LogP contribution in [0, 0.1) is 11.8 Å². The zero-order chi connectivity index (χ0) is 19.7. The standard InChI is InChI=1S/C24H31NO3/c1-17(18-6-4-8-22(10-18)27-2)14-25-15-19-12-24(26,13-20(19)16-25)21-7-5-9-23(11-21)28-3/h4-11,17,19-20,26H,12-16H2,1-3H3/t17?,19-,20+,24-. The minimum absolute atomic E-state index is 0.464. The number of nitrogens with zero attached hydrogens (tertiary/aromatic N) is 1. The predicted octanol–water partition coefficient (Wildman–Crippen LogP) is 4.04. The van der Waals surface area contributed by atoms with Gasteiger partial charge in [0.1, 0.15) is 11.5 Å². The van der Waals surface area contributed by atoms with Crippen molar-refractivity contribution in [3.05, 3.63) is 59.7 Å². The van der Waals surface area contributed by atoms with E-state index in [1.54, 1.807) is 14.2 Å². The summed E-state index contributed by atoms with van der Waals surface area (Å²) >= 11 is 0. The Balaban J connectivity index is 1.38. The quantitative estimate of drug-likeness (QED) is 0.820. The van der Waals surface area contributed by atoms with Gasteiger partial charge in [0.05, 0.1) is 19.8 Å². The van der Waals surface area contributed by atoms with E-state index in [1.165, 1.54) is 5.56 Å². The molecule has 0 bridgehead atoms. The molecule has 28 heavy (non-hydrogen) atoms. The van der Waals surface area contributed by atoms with Gasteiger partial charge >= 0.3 is 0 Å². The lowest BCUT2D eigenvalue weighted by Crippen LogP contribution is -2.30. The number of likely N-dealkylation sites (tertiary alicyclic amines) is 1. The molecule has 4 atom stereocenters. The Morgan fingerprint density at radius 2 is 1.61 bits per heavy atom. The maximum atomic E-state index is 11.3. The van der Waals surface area contributed by atoms with E-state index in [4.69, 9.17) is 9.47 Å².